The quantitative estimate of drug-likeness (QED) is 0.739. The molecule has 3 rings (SSSR count). The van der Waals surface area contributed by atoms with E-state index in [1.165, 1.54) is 4.90 Å². The first kappa shape index (κ1) is 14.5. The van der Waals surface area contributed by atoms with Gasteiger partial charge in [0.1, 0.15) is 0 Å². The molecule has 3 atom stereocenters. The Balaban J connectivity index is 1.83. The van der Waals surface area contributed by atoms with Crippen LogP contribution in [0.4, 0.5) is 0 Å². The van der Waals surface area contributed by atoms with Crippen LogP contribution in [0.5, 0.6) is 0 Å². The van der Waals surface area contributed by atoms with Crippen molar-refractivity contribution in [3.8, 4) is 0 Å². The average molecular weight is 292 g/mol. The summed E-state index contributed by atoms with van der Waals surface area (Å²) in [6, 6.07) is -0.119. The van der Waals surface area contributed by atoms with Crippen LogP contribution in [-0.2, 0) is 14.4 Å². The third-order valence-electron chi connectivity index (χ3n) is 5.44. The summed E-state index contributed by atoms with van der Waals surface area (Å²) < 4.78 is 0. The van der Waals surface area contributed by atoms with Gasteiger partial charge in [-0.25, -0.2) is 0 Å². The lowest BCUT2D eigenvalue weighted by Crippen LogP contribution is -2.60. The zero-order valence-corrected chi connectivity index (χ0v) is 13.3. The number of fused-ring (bicyclic) bond motifs is 1. The molecule has 3 fully saturated rings. The fourth-order valence-corrected chi connectivity index (χ4v) is 3.98. The molecule has 0 radical (unpaired) electrons. The van der Waals surface area contributed by atoms with Gasteiger partial charge in [-0.05, 0) is 46.5 Å². The second-order valence-corrected chi connectivity index (χ2v) is 7.49. The number of likely N-dealkylation sites (tertiary alicyclic amines) is 2. The summed E-state index contributed by atoms with van der Waals surface area (Å²) in [7, 11) is 0. The summed E-state index contributed by atoms with van der Waals surface area (Å²) in [5.74, 6) is 0.422. The standard InChI is InChI=1S/C16H24N2O3/c1-9(2)18-13(19)6-5-12(15(18)21)16(3,4)17-8-10-7-11(10)14(17)20/h9-12H,5-8H2,1-4H3. The van der Waals surface area contributed by atoms with Crippen LogP contribution >= 0.6 is 0 Å². The molecule has 3 aliphatic rings. The number of nitrogens with zero attached hydrogens (tertiary/aromatic N) is 2. The highest BCUT2D eigenvalue weighted by molar-refractivity contribution is 6.00. The van der Waals surface area contributed by atoms with E-state index in [4.69, 9.17) is 0 Å². The molecule has 3 unspecified atom stereocenters. The molecule has 0 bridgehead atoms. The maximum Gasteiger partial charge on any atom is 0.234 e. The number of imide groups is 1. The number of carbonyl (C=O) groups excluding carboxylic acids is 3. The van der Waals surface area contributed by atoms with Gasteiger partial charge in [0.25, 0.3) is 0 Å². The largest absolute Gasteiger partial charge is 0.336 e. The number of piperidine rings is 2. The molecule has 21 heavy (non-hydrogen) atoms. The van der Waals surface area contributed by atoms with Crippen molar-refractivity contribution in [2.24, 2.45) is 17.8 Å². The molecule has 1 aliphatic carbocycles. The Labute approximate surface area is 125 Å². The van der Waals surface area contributed by atoms with Gasteiger partial charge in [0, 0.05) is 30.5 Å². The van der Waals surface area contributed by atoms with E-state index in [0.29, 0.717) is 18.8 Å². The Morgan fingerprint density at radius 2 is 1.81 bits per heavy atom. The third-order valence-corrected chi connectivity index (χ3v) is 5.44. The van der Waals surface area contributed by atoms with Crippen LogP contribution in [0.2, 0.25) is 0 Å². The minimum absolute atomic E-state index is 0.0855. The zero-order chi connectivity index (χ0) is 15.5. The first-order valence-corrected chi connectivity index (χ1v) is 7.92. The van der Waals surface area contributed by atoms with Crippen molar-refractivity contribution in [1.29, 1.82) is 0 Å². The second-order valence-electron chi connectivity index (χ2n) is 7.49. The third kappa shape index (κ3) is 2.09. The van der Waals surface area contributed by atoms with Crippen molar-refractivity contribution < 1.29 is 14.4 Å². The lowest BCUT2D eigenvalue weighted by Gasteiger charge is -2.46. The summed E-state index contributed by atoms with van der Waals surface area (Å²) in [5.41, 5.74) is -0.505. The molecule has 0 N–H and O–H groups in total. The Bertz CT molecular complexity index is 512. The smallest absolute Gasteiger partial charge is 0.234 e. The van der Waals surface area contributed by atoms with Gasteiger partial charge in [0.15, 0.2) is 0 Å². The fraction of sp³-hybridized carbons (Fsp3) is 0.812. The summed E-state index contributed by atoms with van der Waals surface area (Å²) >= 11 is 0. The summed E-state index contributed by atoms with van der Waals surface area (Å²) in [4.78, 5) is 40.4. The Kier molecular flexibility index (Phi) is 3.15. The monoisotopic (exact) mass is 292 g/mol. The zero-order valence-electron chi connectivity index (χ0n) is 13.3. The van der Waals surface area contributed by atoms with Crippen LogP contribution in [0.3, 0.4) is 0 Å². The van der Waals surface area contributed by atoms with E-state index in [1.54, 1.807) is 0 Å². The minimum Gasteiger partial charge on any atom is -0.336 e. The summed E-state index contributed by atoms with van der Waals surface area (Å²) in [5, 5.41) is 0. The lowest BCUT2D eigenvalue weighted by molar-refractivity contribution is -0.159. The second kappa shape index (κ2) is 4.55. The molecule has 2 heterocycles. The lowest BCUT2D eigenvalue weighted by atomic mass is 9.78. The van der Waals surface area contributed by atoms with Gasteiger partial charge in [-0.1, -0.05) is 0 Å². The van der Waals surface area contributed by atoms with Crippen LogP contribution in [-0.4, -0.2) is 45.6 Å². The minimum atomic E-state index is -0.505. The van der Waals surface area contributed by atoms with Crippen LogP contribution in [0.15, 0.2) is 0 Å². The molecule has 5 heteroatoms. The number of hydrogen-bond acceptors (Lipinski definition) is 3. The van der Waals surface area contributed by atoms with Crippen molar-refractivity contribution >= 4 is 17.7 Å². The van der Waals surface area contributed by atoms with Crippen molar-refractivity contribution in [1.82, 2.24) is 9.80 Å². The molecule has 2 saturated heterocycles. The van der Waals surface area contributed by atoms with Gasteiger partial charge < -0.3 is 4.90 Å². The highest BCUT2D eigenvalue weighted by Gasteiger charge is 2.58. The molecule has 0 aromatic heterocycles. The Morgan fingerprint density at radius 3 is 2.33 bits per heavy atom. The van der Waals surface area contributed by atoms with Gasteiger partial charge in [0.05, 0.1) is 5.92 Å². The predicted octanol–water partition coefficient (Wildman–Crippen LogP) is 1.42. The normalized spacial score (nSPS) is 33.0. The molecule has 0 spiro atoms. The van der Waals surface area contributed by atoms with Gasteiger partial charge in [-0.15, -0.1) is 0 Å². The molecule has 2 aliphatic heterocycles. The average Bonchev–Trinajstić information content (AvgIpc) is 3.07. The molecule has 0 aromatic rings. The topological polar surface area (TPSA) is 57.7 Å². The van der Waals surface area contributed by atoms with E-state index in [-0.39, 0.29) is 35.6 Å². The maximum atomic E-state index is 12.7. The predicted molar refractivity (Wildman–Crippen MR) is 77.1 cm³/mol. The van der Waals surface area contributed by atoms with E-state index in [9.17, 15) is 14.4 Å². The summed E-state index contributed by atoms with van der Waals surface area (Å²) in [6.45, 7) is 8.46. The van der Waals surface area contributed by atoms with E-state index in [0.717, 1.165) is 13.0 Å². The molecule has 3 amide bonds. The molecule has 1 saturated carbocycles. The molecule has 5 nitrogen and oxygen atoms in total. The van der Waals surface area contributed by atoms with Crippen LogP contribution in [0.25, 0.3) is 0 Å². The van der Waals surface area contributed by atoms with E-state index < -0.39 is 5.54 Å². The van der Waals surface area contributed by atoms with Crippen LogP contribution in [0, 0.1) is 17.8 Å². The maximum absolute atomic E-state index is 12.7. The van der Waals surface area contributed by atoms with E-state index in [2.05, 4.69) is 0 Å². The van der Waals surface area contributed by atoms with Gasteiger partial charge >= 0.3 is 0 Å². The van der Waals surface area contributed by atoms with E-state index in [1.807, 2.05) is 32.6 Å². The Morgan fingerprint density at radius 1 is 1.14 bits per heavy atom. The van der Waals surface area contributed by atoms with Gasteiger partial charge in [-0.3, -0.25) is 19.3 Å². The van der Waals surface area contributed by atoms with Gasteiger partial charge in [0.2, 0.25) is 17.7 Å². The number of amides is 3. The SMILES string of the molecule is CC(C)N1C(=O)CCC(C(C)(C)N2CC3CC3C2=O)C1=O. The van der Waals surface area contributed by atoms with Crippen molar-refractivity contribution in [2.75, 3.05) is 6.54 Å². The molecular weight excluding hydrogens is 268 g/mol. The highest BCUT2D eigenvalue weighted by atomic mass is 16.2. The first-order chi connectivity index (χ1) is 9.75. The fourth-order valence-electron chi connectivity index (χ4n) is 3.98. The van der Waals surface area contributed by atoms with Crippen molar-refractivity contribution in [3.05, 3.63) is 0 Å². The molecule has 0 aromatic carbocycles. The first-order valence-electron chi connectivity index (χ1n) is 7.92. The van der Waals surface area contributed by atoms with Crippen LogP contribution in [0.1, 0.15) is 47.0 Å². The van der Waals surface area contributed by atoms with Gasteiger partial charge in [-0.2, -0.15) is 0 Å². The van der Waals surface area contributed by atoms with Crippen LogP contribution < -0.4 is 0 Å². The molecular formula is C16H24N2O3. The summed E-state index contributed by atoms with van der Waals surface area (Å²) in [6.07, 6.45) is 1.96. The number of hydrogen-bond donors (Lipinski definition) is 0. The molecule has 116 valence electrons. The number of carbonyl (C=O) groups is 3. The van der Waals surface area contributed by atoms with E-state index >= 15 is 0 Å². The number of rotatable bonds is 3. The Hall–Kier alpha value is -1.39. The van der Waals surface area contributed by atoms with Crippen molar-refractivity contribution in [3.63, 3.8) is 0 Å². The highest BCUT2D eigenvalue weighted by Crippen LogP contribution is 2.50. The van der Waals surface area contributed by atoms with Crippen molar-refractivity contribution in [2.45, 2.75) is 58.5 Å².